The molecule has 0 aliphatic heterocycles. The maximum Gasteiger partial charge on any atom is 0.256 e. The van der Waals surface area contributed by atoms with E-state index in [4.69, 9.17) is 0 Å². The van der Waals surface area contributed by atoms with Gasteiger partial charge in [-0.05, 0) is 37.4 Å². The van der Waals surface area contributed by atoms with Gasteiger partial charge in [-0.2, -0.15) is 20.1 Å². The van der Waals surface area contributed by atoms with E-state index in [2.05, 4.69) is 37.2 Å². The molecule has 3 rings (SSSR count). The Balaban J connectivity index is 1.96. The molecular weight excluding hydrogens is 376 g/mol. The molecule has 0 unspecified atom stereocenters. The second-order valence-electron chi connectivity index (χ2n) is 5.32. The van der Waals surface area contributed by atoms with Crippen molar-refractivity contribution in [3.8, 4) is 5.95 Å². The molecule has 8 nitrogen and oxygen atoms in total. The minimum Gasteiger partial charge on any atom is -0.347 e. The molecule has 3 aromatic heterocycles. The van der Waals surface area contributed by atoms with Gasteiger partial charge in [0, 0.05) is 19.8 Å². The molecule has 11 heteroatoms. The van der Waals surface area contributed by atoms with Gasteiger partial charge in [0.15, 0.2) is 8.68 Å². The molecule has 0 N–H and O–H groups in total. The summed E-state index contributed by atoms with van der Waals surface area (Å²) in [6, 6.07) is 1.99. The molecule has 0 radical (unpaired) electrons. The van der Waals surface area contributed by atoms with Crippen LogP contribution in [0.2, 0.25) is 0 Å². The zero-order valence-corrected chi connectivity index (χ0v) is 17.0. The van der Waals surface area contributed by atoms with Crippen molar-refractivity contribution in [2.24, 2.45) is 0 Å². The molecule has 0 aromatic carbocycles. The van der Waals surface area contributed by atoms with E-state index in [0.29, 0.717) is 17.1 Å². The summed E-state index contributed by atoms with van der Waals surface area (Å²) < 4.78 is 3.49. The van der Waals surface area contributed by atoms with Crippen LogP contribution in [0.3, 0.4) is 0 Å². The van der Waals surface area contributed by atoms with Gasteiger partial charge >= 0.3 is 0 Å². The Hall–Kier alpha value is -1.72. The molecule has 3 aromatic rings. The van der Waals surface area contributed by atoms with Crippen LogP contribution in [0.15, 0.2) is 19.9 Å². The minimum absolute atomic E-state index is 0.500. The zero-order valence-electron chi connectivity index (χ0n) is 14.6. The van der Waals surface area contributed by atoms with Crippen LogP contribution >= 0.6 is 34.9 Å². The Morgan fingerprint density at radius 1 is 1.12 bits per heavy atom. The largest absolute Gasteiger partial charge is 0.347 e. The third kappa shape index (κ3) is 4.28. The fourth-order valence-electron chi connectivity index (χ4n) is 2.01. The summed E-state index contributed by atoms with van der Waals surface area (Å²) >= 11 is 4.61. The fourth-order valence-corrected chi connectivity index (χ4v) is 4.77. The summed E-state index contributed by atoms with van der Waals surface area (Å²) in [5, 5.41) is 13.4. The monoisotopic (exact) mass is 394 g/mol. The van der Waals surface area contributed by atoms with Crippen molar-refractivity contribution in [2.45, 2.75) is 34.6 Å². The maximum atomic E-state index is 4.56. The van der Waals surface area contributed by atoms with Crippen molar-refractivity contribution < 1.29 is 0 Å². The third-order valence-corrected chi connectivity index (χ3v) is 5.88. The molecule has 0 aliphatic rings. The van der Waals surface area contributed by atoms with Crippen LogP contribution in [0.25, 0.3) is 5.95 Å². The van der Waals surface area contributed by atoms with Crippen LogP contribution < -0.4 is 4.90 Å². The lowest BCUT2D eigenvalue weighted by atomic mass is 10.4. The Morgan fingerprint density at radius 2 is 1.88 bits per heavy atom. The van der Waals surface area contributed by atoms with Gasteiger partial charge in [-0.15, -0.1) is 10.2 Å². The van der Waals surface area contributed by atoms with Gasteiger partial charge in [0.2, 0.25) is 11.1 Å². The van der Waals surface area contributed by atoms with Gasteiger partial charge in [0.05, 0.1) is 5.69 Å². The molecule has 3 heterocycles. The molecular formula is C14H18N8S3. The van der Waals surface area contributed by atoms with E-state index in [1.54, 1.807) is 27.8 Å². The van der Waals surface area contributed by atoms with E-state index in [0.717, 1.165) is 25.8 Å². The number of nitrogens with zero attached hydrogens (tertiary/aromatic N) is 8. The average molecular weight is 395 g/mol. The molecule has 0 atom stereocenters. The smallest absolute Gasteiger partial charge is 0.256 e. The van der Waals surface area contributed by atoms with Gasteiger partial charge in [0.1, 0.15) is 0 Å². The molecule has 25 heavy (non-hydrogen) atoms. The highest BCUT2D eigenvalue weighted by atomic mass is 32.2. The van der Waals surface area contributed by atoms with Crippen LogP contribution in [0.4, 0.5) is 5.95 Å². The van der Waals surface area contributed by atoms with Crippen LogP contribution in [-0.2, 0) is 0 Å². The summed E-state index contributed by atoms with van der Waals surface area (Å²) in [7, 11) is 3.80. The highest BCUT2D eigenvalue weighted by molar-refractivity contribution is 8.03. The molecule has 0 fully saturated rings. The topological polar surface area (TPSA) is 85.5 Å². The summed E-state index contributed by atoms with van der Waals surface area (Å²) in [6.07, 6.45) is 0. The minimum atomic E-state index is 0.500. The van der Waals surface area contributed by atoms with Gasteiger partial charge in [-0.3, -0.25) is 0 Å². The number of thioether (sulfide) groups is 1. The van der Waals surface area contributed by atoms with E-state index in [1.165, 1.54) is 11.8 Å². The van der Waals surface area contributed by atoms with Crippen molar-refractivity contribution in [3.63, 3.8) is 0 Å². The second kappa shape index (κ2) is 7.67. The highest BCUT2D eigenvalue weighted by Crippen LogP contribution is 2.32. The molecule has 0 saturated carbocycles. The van der Waals surface area contributed by atoms with E-state index in [-0.39, 0.29) is 0 Å². The van der Waals surface area contributed by atoms with Crippen molar-refractivity contribution in [1.82, 2.24) is 34.9 Å². The van der Waals surface area contributed by atoms with E-state index in [9.17, 15) is 0 Å². The predicted octanol–water partition coefficient (Wildman–Crippen LogP) is 2.85. The van der Waals surface area contributed by atoms with Gasteiger partial charge < -0.3 is 4.90 Å². The molecule has 0 amide bonds. The Morgan fingerprint density at radius 3 is 2.52 bits per heavy atom. The van der Waals surface area contributed by atoms with Crippen LogP contribution in [0, 0.1) is 13.8 Å². The Labute approximate surface area is 158 Å². The Bertz CT molecular complexity index is 873. The third-order valence-electron chi connectivity index (χ3n) is 3.02. The average Bonchev–Trinajstić information content (AvgIpc) is 3.13. The Kier molecular flexibility index (Phi) is 5.54. The molecule has 0 bridgehead atoms. The highest BCUT2D eigenvalue weighted by Gasteiger charge is 2.15. The fraction of sp³-hybridized carbons (Fsp3) is 0.429. The van der Waals surface area contributed by atoms with Crippen LogP contribution in [0.1, 0.15) is 18.3 Å². The standard InChI is InChI=1S/C14H18N8S3/c1-6-23-13-18-19-14(25-13)24-12-16-10(21(4)5)15-11(17-12)22-9(3)7-8(2)20-22/h7H,6H2,1-5H3. The maximum absolute atomic E-state index is 4.56. The van der Waals surface area contributed by atoms with Crippen LogP contribution in [-0.4, -0.2) is 54.8 Å². The predicted molar refractivity (Wildman–Crippen MR) is 101 cm³/mol. The molecule has 0 aliphatic carbocycles. The number of rotatable bonds is 6. The molecule has 132 valence electrons. The van der Waals surface area contributed by atoms with Crippen molar-refractivity contribution in [3.05, 3.63) is 17.5 Å². The first-order chi connectivity index (χ1) is 12.0. The lowest BCUT2D eigenvalue weighted by molar-refractivity contribution is 0.729. The zero-order chi connectivity index (χ0) is 18.0. The number of anilines is 1. The second-order valence-corrected chi connectivity index (χ2v) is 9.02. The van der Waals surface area contributed by atoms with Crippen LogP contribution in [0.5, 0.6) is 0 Å². The number of hydrogen-bond donors (Lipinski definition) is 0. The molecule has 0 saturated heterocycles. The summed E-state index contributed by atoms with van der Waals surface area (Å²) in [5.74, 6) is 2.05. The van der Waals surface area contributed by atoms with Gasteiger partial charge in [-0.1, -0.05) is 30.0 Å². The summed E-state index contributed by atoms with van der Waals surface area (Å²) in [5.41, 5.74) is 1.89. The summed E-state index contributed by atoms with van der Waals surface area (Å²) in [4.78, 5) is 15.4. The van der Waals surface area contributed by atoms with Gasteiger partial charge in [0.25, 0.3) is 5.95 Å². The van der Waals surface area contributed by atoms with E-state index in [1.807, 2.05) is 38.9 Å². The first-order valence-electron chi connectivity index (χ1n) is 7.57. The SMILES string of the molecule is CCSc1nnc(Sc2nc(N(C)C)nc(-n3nc(C)cc3C)n2)s1. The first kappa shape index (κ1) is 18.1. The lowest BCUT2D eigenvalue weighted by Crippen LogP contribution is -2.16. The molecule has 0 spiro atoms. The number of aromatic nitrogens is 7. The first-order valence-corrected chi connectivity index (χ1v) is 10.2. The lowest BCUT2D eigenvalue weighted by Gasteiger charge is -2.12. The van der Waals surface area contributed by atoms with E-state index >= 15 is 0 Å². The van der Waals surface area contributed by atoms with Crippen molar-refractivity contribution in [1.29, 1.82) is 0 Å². The number of aryl methyl sites for hydroxylation is 2. The van der Waals surface area contributed by atoms with Gasteiger partial charge in [-0.25, -0.2) is 4.68 Å². The van der Waals surface area contributed by atoms with E-state index < -0.39 is 0 Å². The quantitative estimate of drug-likeness (QED) is 0.586. The van der Waals surface area contributed by atoms with Crippen molar-refractivity contribution in [2.75, 3.05) is 24.7 Å². The normalized spacial score (nSPS) is 11.1. The summed E-state index contributed by atoms with van der Waals surface area (Å²) in [6.45, 7) is 6.02. The number of hydrogen-bond acceptors (Lipinski definition) is 10. The van der Waals surface area contributed by atoms with Crippen molar-refractivity contribution >= 4 is 40.8 Å².